The lowest BCUT2D eigenvalue weighted by atomic mass is 10.1. The van der Waals surface area contributed by atoms with E-state index in [4.69, 9.17) is 16.3 Å². The Morgan fingerprint density at radius 3 is 2.69 bits per heavy atom. The number of nitrogens with one attached hydrogen (secondary N) is 2. The maximum absolute atomic E-state index is 13.2. The second-order valence-corrected chi connectivity index (χ2v) is 5.98. The zero-order valence-corrected chi connectivity index (χ0v) is 14.7. The van der Waals surface area contributed by atoms with Crippen molar-refractivity contribution in [2.24, 2.45) is 0 Å². The van der Waals surface area contributed by atoms with Crippen LogP contribution in [-0.4, -0.2) is 19.1 Å². The van der Waals surface area contributed by atoms with Crippen LogP contribution in [0.1, 0.15) is 24.1 Å². The summed E-state index contributed by atoms with van der Waals surface area (Å²) >= 11 is 5.73. The van der Waals surface area contributed by atoms with Gasteiger partial charge >= 0.3 is 6.03 Å². The van der Waals surface area contributed by atoms with Crippen LogP contribution in [0.15, 0.2) is 42.5 Å². The monoisotopic (exact) mass is 386 g/mol. The number of ether oxygens (including phenoxy) is 1. The molecule has 140 valence electrons. The summed E-state index contributed by atoms with van der Waals surface area (Å²) in [5, 5.41) is 5.35. The molecule has 2 aromatic carbocycles. The highest BCUT2D eigenvalue weighted by molar-refractivity contribution is 6.30. The van der Waals surface area contributed by atoms with Crippen molar-refractivity contribution in [1.29, 1.82) is 0 Å². The Morgan fingerprint density at radius 2 is 2.00 bits per heavy atom. The second-order valence-electron chi connectivity index (χ2n) is 5.57. The van der Waals surface area contributed by atoms with Crippen LogP contribution in [0.5, 0.6) is 5.75 Å². The lowest BCUT2D eigenvalue weighted by Crippen LogP contribution is -2.36. The first-order valence-corrected chi connectivity index (χ1v) is 8.22. The molecular formula is C18H18ClF3N2O2. The number of hydrogen-bond donors (Lipinski definition) is 2. The van der Waals surface area contributed by atoms with E-state index in [0.717, 1.165) is 0 Å². The fourth-order valence-electron chi connectivity index (χ4n) is 2.20. The summed E-state index contributed by atoms with van der Waals surface area (Å²) in [5.74, 6) is -0.222. The Labute approximate surface area is 154 Å². The molecule has 0 aliphatic rings. The van der Waals surface area contributed by atoms with E-state index in [9.17, 15) is 18.0 Å². The van der Waals surface area contributed by atoms with Crippen molar-refractivity contribution in [3.05, 3.63) is 64.4 Å². The number of hydrogen-bond acceptors (Lipinski definition) is 2. The van der Waals surface area contributed by atoms with Gasteiger partial charge in [0.2, 0.25) is 0 Å². The summed E-state index contributed by atoms with van der Waals surface area (Å²) in [6.07, 6.45) is -2.55. The SMILES string of the molecule is CC(NC(=O)NCc1cccc(OCC(F)F)c1)c1ccc(F)c(Cl)c1. The van der Waals surface area contributed by atoms with Crippen LogP contribution in [-0.2, 0) is 6.54 Å². The largest absolute Gasteiger partial charge is 0.488 e. The summed E-state index contributed by atoms with van der Waals surface area (Å²) in [5.41, 5.74) is 1.36. The minimum Gasteiger partial charge on any atom is -0.488 e. The first-order valence-electron chi connectivity index (χ1n) is 7.84. The first-order chi connectivity index (χ1) is 12.3. The van der Waals surface area contributed by atoms with Gasteiger partial charge in [-0.1, -0.05) is 29.8 Å². The number of halogens is 4. The topological polar surface area (TPSA) is 50.4 Å². The summed E-state index contributed by atoms with van der Waals surface area (Å²) in [6, 6.07) is 9.93. The molecule has 0 fully saturated rings. The highest BCUT2D eigenvalue weighted by Gasteiger charge is 2.11. The van der Waals surface area contributed by atoms with E-state index < -0.39 is 24.9 Å². The van der Waals surface area contributed by atoms with Gasteiger partial charge in [-0.05, 0) is 42.3 Å². The summed E-state index contributed by atoms with van der Waals surface area (Å²) in [6.45, 7) is 1.24. The van der Waals surface area contributed by atoms with Crippen molar-refractivity contribution in [2.45, 2.75) is 25.9 Å². The molecule has 2 N–H and O–H groups in total. The van der Waals surface area contributed by atoms with Crippen molar-refractivity contribution in [3.63, 3.8) is 0 Å². The Kier molecular flexibility index (Phi) is 7.15. The molecule has 2 amide bonds. The van der Waals surface area contributed by atoms with E-state index in [1.165, 1.54) is 18.2 Å². The molecule has 0 radical (unpaired) electrons. The molecule has 1 unspecified atom stereocenters. The number of amides is 2. The van der Waals surface area contributed by atoms with E-state index in [-0.39, 0.29) is 17.6 Å². The fourth-order valence-corrected chi connectivity index (χ4v) is 2.39. The highest BCUT2D eigenvalue weighted by atomic mass is 35.5. The first kappa shape index (κ1) is 19.9. The van der Waals surface area contributed by atoms with Gasteiger partial charge in [-0.25, -0.2) is 18.0 Å². The predicted molar refractivity (Wildman–Crippen MR) is 93.1 cm³/mol. The zero-order chi connectivity index (χ0) is 19.1. The molecule has 0 aliphatic carbocycles. The Morgan fingerprint density at radius 1 is 1.23 bits per heavy atom. The lowest BCUT2D eigenvalue weighted by molar-refractivity contribution is 0.0818. The molecule has 2 rings (SSSR count). The van der Waals surface area contributed by atoms with E-state index in [1.807, 2.05) is 0 Å². The maximum Gasteiger partial charge on any atom is 0.315 e. The molecule has 0 aliphatic heterocycles. The van der Waals surface area contributed by atoms with Crippen LogP contribution in [0.3, 0.4) is 0 Å². The lowest BCUT2D eigenvalue weighted by Gasteiger charge is -2.16. The number of rotatable bonds is 7. The van der Waals surface area contributed by atoms with Crippen LogP contribution in [0.4, 0.5) is 18.0 Å². The van der Waals surface area contributed by atoms with E-state index >= 15 is 0 Å². The van der Waals surface area contributed by atoms with Gasteiger partial charge in [0.15, 0.2) is 0 Å². The summed E-state index contributed by atoms with van der Waals surface area (Å²) in [7, 11) is 0. The van der Waals surface area contributed by atoms with Crippen LogP contribution in [0, 0.1) is 5.82 Å². The maximum atomic E-state index is 13.2. The minimum atomic E-state index is -2.55. The molecule has 1 atom stereocenters. The van der Waals surface area contributed by atoms with E-state index in [1.54, 1.807) is 31.2 Å². The Balaban J connectivity index is 1.86. The number of carbonyl (C=O) groups excluding carboxylic acids is 1. The molecule has 0 saturated heterocycles. The Hall–Kier alpha value is -2.41. The molecule has 2 aromatic rings. The van der Waals surface area contributed by atoms with Gasteiger partial charge in [0, 0.05) is 6.54 Å². The molecule has 8 heteroatoms. The average molecular weight is 387 g/mol. The van der Waals surface area contributed by atoms with Crippen LogP contribution in [0.25, 0.3) is 0 Å². The predicted octanol–water partition coefficient (Wildman–Crippen LogP) is 4.68. The van der Waals surface area contributed by atoms with Gasteiger partial charge < -0.3 is 15.4 Å². The normalized spacial score (nSPS) is 11.9. The van der Waals surface area contributed by atoms with Gasteiger partial charge in [-0.15, -0.1) is 0 Å². The van der Waals surface area contributed by atoms with E-state index in [2.05, 4.69) is 10.6 Å². The molecular weight excluding hydrogens is 369 g/mol. The second kappa shape index (κ2) is 9.33. The molecule has 0 spiro atoms. The quantitative estimate of drug-likeness (QED) is 0.725. The fraction of sp³-hybridized carbons (Fsp3) is 0.278. The molecule has 4 nitrogen and oxygen atoms in total. The van der Waals surface area contributed by atoms with Gasteiger partial charge in [0.1, 0.15) is 18.2 Å². The van der Waals surface area contributed by atoms with E-state index in [0.29, 0.717) is 16.9 Å². The molecule has 26 heavy (non-hydrogen) atoms. The van der Waals surface area contributed by atoms with Crippen LogP contribution < -0.4 is 15.4 Å². The minimum absolute atomic E-state index is 0.0165. The number of carbonyl (C=O) groups is 1. The average Bonchev–Trinajstić information content (AvgIpc) is 2.61. The van der Waals surface area contributed by atoms with Gasteiger partial charge in [-0.2, -0.15) is 0 Å². The third-order valence-electron chi connectivity index (χ3n) is 3.52. The summed E-state index contributed by atoms with van der Waals surface area (Å²) in [4.78, 5) is 12.0. The van der Waals surface area contributed by atoms with Crippen molar-refractivity contribution in [1.82, 2.24) is 10.6 Å². The molecule has 0 aromatic heterocycles. The standard InChI is InChI=1S/C18H18ClF3N2O2/c1-11(13-5-6-16(20)15(19)8-13)24-18(25)23-9-12-3-2-4-14(7-12)26-10-17(21)22/h2-8,11,17H,9-10H2,1H3,(H2,23,24,25). The molecule has 0 heterocycles. The Bertz CT molecular complexity index is 759. The van der Waals surface area contributed by atoms with Crippen LogP contribution in [0.2, 0.25) is 5.02 Å². The molecule has 0 bridgehead atoms. The van der Waals surface area contributed by atoms with Gasteiger partial charge in [-0.3, -0.25) is 0 Å². The van der Waals surface area contributed by atoms with Gasteiger partial charge in [0.25, 0.3) is 6.43 Å². The third kappa shape index (κ3) is 6.15. The number of alkyl halides is 2. The van der Waals surface area contributed by atoms with Crippen molar-refractivity contribution in [2.75, 3.05) is 6.61 Å². The molecule has 0 saturated carbocycles. The van der Waals surface area contributed by atoms with Crippen molar-refractivity contribution < 1.29 is 22.7 Å². The van der Waals surface area contributed by atoms with Crippen molar-refractivity contribution >= 4 is 17.6 Å². The zero-order valence-electron chi connectivity index (χ0n) is 13.9. The van der Waals surface area contributed by atoms with Gasteiger partial charge in [0.05, 0.1) is 11.1 Å². The number of benzene rings is 2. The van der Waals surface area contributed by atoms with Crippen molar-refractivity contribution in [3.8, 4) is 5.75 Å². The van der Waals surface area contributed by atoms with Crippen LogP contribution >= 0.6 is 11.6 Å². The third-order valence-corrected chi connectivity index (χ3v) is 3.81. The highest BCUT2D eigenvalue weighted by Crippen LogP contribution is 2.20. The summed E-state index contributed by atoms with van der Waals surface area (Å²) < 4.78 is 42.4. The number of urea groups is 1. The smallest absolute Gasteiger partial charge is 0.315 e.